The number of benzene rings is 2. The molecule has 35 heavy (non-hydrogen) atoms. The van der Waals surface area contributed by atoms with Gasteiger partial charge in [-0.2, -0.15) is 0 Å². The van der Waals surface area contributed by atoms with E-state index in [-0.39, 0.29) is 30.3 Å². The summed E-state index contributed by atoms with van der Waals surface area (Å²) in [7, 11) is 0. The number of likely N-dealkylation sites (tertiary alicyclic amines) is 1. The molecule has 2 atom stereocenters. The minimum Gasteiger partial charge on any atom is -0.348 e. The SMILES string of the molecule is CC(=O)NCC(=O)N[C@@H](CCN1CC2=CN(C(=O)c3c(C)cccc3C)CC2C1)c1ccccc1. The molecule has 0 bridgehead atoms. The van der Waals surface area contributed by atoms with Gasteiger partial charge in [-0.15, -0.1) is 0 Å². The van der Waals surface area contributed by atoms with Crippen molar-refractivity contribution in [1.82, 2.24) is 20.4 Å². The number of hydrogen-bond acceptors (Lipinski definition) is 4. The van der Waals surface area contributed by atoms with E-state index in [0.29, 0.717) is 12.5 Å². The Hall–Kier alpha value is -3.45. The van der Waals surface area contributed by atoms with Crippen LogP contribution in [0.3, 0.4) is 0 Å². The van der Waals surface area contributed by atoms with Crippen LogP contribution in [-0.4, -0.2) is 60.2 Å². The van der Waals surface area contributed by atoms with Crippen molar-refractivity contribution in [3.05, 3.63) is 82.6 Å². The summed E-state index contributed by atoms with van der Waals surface area (Å²) in [5, 5.41) is 5.62. The normalized spacial score (nSPS) is 18.1. The maximum atomic E-state index is 13.2. The number of hydrogen-bond donors (Lipinski definition) is 2. The first kappa shape index (κ1) is 24.7. The molecule has 4 rings (SSSR count). The Morgan fingerprint density at radius 2 is 1.71 bits per heavy atom. The summed E-state index contributed by atoms with van der Waals surface area (Å²) >= 11 is 0. The smallest absolute Gasteiger partial charge is 0.258 e. The van der Waals surface area contributed by atoms with Crippen LogP contribution in [0.25, 0.3) is 0 Å². The molecule has 7 heteroatoms. The molecule has 0 radical (unpaired) electrons. The molecule has 2 aromatic rings. The molecular formula is C28H34N4O3. The quantitative estimate of drug-likeness (QED) is 0.616. The number of nitrogens with one attached hydrogen (secondary N) is 2. The second-order valence-corrected chi connectivity index (χ2v) is 9.59. The fraction of sp³-hybridized carbons (Fsp3) is 0.393. The molecule has 3 amide bonds. The van der Waals surface area contributed by atoms with Gasteiger partial charge in [0.1, 0.15) is 0 Å². The third-order valence-electron chi connectivity index (χ3n) is 6.87. The monoisotopic (exact) mass is 474 g/mol. The van der Waals surface area contributed by atoms with E-state index in [1.807, 2.05) is 73.5 Å². The van der Waals surface area contributed by atoms with Crippen molar-refractivity contribution in [3.8, 4) is 0 Å². The summed E-state index contributed by atoms with van der Waals surface area (Å²) in [6, 6.07) is 15.8. The summed E-state index contributed by atoms with van der Waals surface area (Å²) in [6.07, 6.45) is 2.81. The number of carbonyl (C=O) groups is 3. The van der Waals surface area contributed by atoms with E-state index in [4.69, 9.17) is 0 Å². The predicted octanol–water partition coefficient (Wildman–Crippen LogP) is 2.96. The molecule has 0 saturated carbocycles. The highest BCUT2D eigenvalue weighted by atomic mass is 16.2. The van der Waals surface area contributed by atoms with Crippen LogP contribution in [0.4, 0.5) is 0 Å². The summed E-state index contributed by atoms with van der Waals surface area (Å²) < 4.78 is 0. The van der Waals surface area contributed by atoms with E-state index >= 15 is 0 Å². The van der Waals surface area contributed by atoms with E-state index in [1.54, 1.807) is 0 Å². The highest BCUT2D eigenvalue weighted by Crippen LogP contribution is 2.32. The number of nitrogens with zero attached hydrogens (tertiary/aromatic N) is 2. The number of aryl methyl sites for hydroxylation is 2. The number of fused-ring (bicyclic) bond motifs is 1. The topological polar surface area (TPSA) is 81.8 Å². The molecule has 1 fully saturated rings. The second kappa shape index (κ2) is 10.9. The molecule has 0 aromatic heterocycles. The van der Waals surface area contributed by atoms with E-state index in [9.17, 15) is 14.4 Å². The first-order valence-corrected chi connectivity index (χ1v) is 12.2. The Morgan fingerprint density at radius 3 is 2.37 bits per heavy atom. The van der Waals surface area contributed by atoms with Gasteiger partial charge in [0, 0.05) is 50.8 Å². The van der Waals surface area contributed by atoms with Crippen molar-refractivity contribution >= 4 is 17.7 Å². The van der Waals surface area contributed by atoms with Crippen LogP contribution in [0.15, 0.2) is 60.3 Å². The lowest BCUT2D eigenvalue weighted by atomic mass is 10.0. The fourth-order valence-electron chi connectivity index (χ4n) is 5.07. The molecule has 2 heterocycles. The van der Waals surface area contributed by atoms with Gasteiger partial charge in [-0.05, 0) is 42.5 Å². The van der Waals surface area contributed by atoms with E-state index in [1.165, 1.54) is 12.5 Å². The van der Waals surface area contributed by atoms with Crippen LogP contribution in [0.1, 0.15) is 46.4 Å². The van der Waals surface area contributed by atoms with Crippen molar-refractivity contribution < 1.29 is 14.4 Å². The van der Waals surface area contributed by atoms with Crippen LogP contribution < -0.4 is 10.6 Å². The molecule has 0 spiro atoms. The molecule has 0 aliphatic carbocycles. The Labute approximate surface area is 207 Å². The first-order chi connectivity index (χ1) is 16.8. The predicted molar refractivity (Wildman–Crippen MR) is 136 cm³/mol. The lowest BCUT2D eigenvalue weighted by Gasteiger charge is -2.24. The number of amides is 3. The zero-order valence-corrected chi connectivity index (χ0v) is 20.7. The van der Waals surface area contributed by atoms with Gasteiger partial charge in [0.2, 0.25) is 11.8 Å². The van der Waals surface area contributed by atoms with Crippen molar-refractivity contribution in [2.75, 3.05) is 32.7 Å². The Morgan fingerprint density at radius 1 is 1.00 bits per heavy atom. The number of rotatable bonds is 8. The van der Waals surface area contributed by atoms with Crippen LogP contribution in [-0.2, 0) is 9.59 Å². The van der Waals surface area contributed by atoms with Gasteiger partial charge in [0.05, 0.1) is 12.6 Å². The molecule has 2 aromatic carbocycles. The van der Waals surface area contributed by atoms with Gasteiger partial charge in [-0.3, -0.25) is 19.3 Å². The van der Waals surface area contributed by atoms with Crippen molar-refractivity contribution in [3.63, 3.8) is 0 Å². The van der Waals surface area contributed by atoms with Crippen molar-refractivity contribution in [2.24, 2.45) is 5.92 Å². The van der Waals surface area contributed by atoms with Crippen molar-refractivity contribution in [2.45, 2.75) is 33.2 Å². The summed E-state index contributed by atoms with van der Waals surface area (Å²) in [4.78, 5) is 41.0. The van der Waals surface area contributed by atoms with Crippen LogP contribution in [0.2, 0.25) is 0 Å². The highest BCUT2D eigenvalue weighted by Gasteiger charge is 2.36. The highest BCUT2D eigenvalue weighted by molar-refractivity contribution is 5.98. The minimum atomic E-state index is -0.224. The van der Waals surface area contributed by atoms with Crippen LogP contribution >= 0.6 is 0 Å². The molecule has 2 N–H and O–H groups in total. The lowest BCUT2D eigenvalue weighted by molar-refractivity contribution is -0.125. The van der Waals surface area contributed by atoms with Crippen molar-refractivity contribution in [1.29, 1.82) is 0 Å². The molecule has 1 saturated heterocycles. The van der Waals surface area contributed by atoms with Gasteiger partial charge < -0.3 is 15.5 Å². The number of carbonyl (C=O) groups excluding carboxylic acids is 3. The standard InChI is InChI=1S/C28H34N4O3/c1-19-8-7-9-20(2)27(19)28(35)32-17-23-15-31(16-24(23)18-32)13-12-25(22-10-5-4-6-11-22)30-26(34)14-29-21(3)33/h4-11,17,24-25H,12-16,18H2,1-3H3,(H,29,33)(H,30,34)/t24?,25-/m0/s1. The molecule has 1 unspecified atom stereocenters. The van der Waals surface area contributed by atoms with E-state index in [0.717, 1.165) is 48.3 Å². The summed E-state index contributed by atoms with van der Waals surface area (Å²) in [5.41, 5.74) is 5.18. The van der Waals surface area contributed by atoms with Gasteiger partial charge in [0.25, 0.3) is 5.91 Å². The van der Waals surface area contributed by atoms with Crippen LogP contribution in [0.5, 0.6) is 0 Å². The average molecular weight is 475 g/mol. The maximum absolute atomic E-state index is 13.2. The Balaban J connectivity index is 1.36. The summed E-state index contributed by atoms with van der Waals surface area (Å²) in [6.45, 7) is 8.65. The molecule has 184 valence electrons. The molecular weight excluding hydrogens is 440 g/mol. The van der Waals surface area contributed by atoms with Crippen LogP contribution in [0, 0.1) is 19.8 Å². The minimum absolute atomic E-state index is 0.0262. The Kier molecular flexibility index (Phi) is 7.66. The molecule has 2 aliphatic heterocycles. The Bertz CT molecular complexity index is 1110. The van der Waals surface area contributed by atoms with E-state index in [2.05, 4.69) is 15.5 Å². The third-order valence-corrected chi connectivity index (χ3v) is 6.87. The third kappa shape index (κ3) is 5.98. The fourth-order valence-corrected chi connectivity index (χ4v) is 5.07. The largest absolute Gasteiger partial charge is 0.348 e. The second-order valence-electron chi connectivity index (χ2n) is 9.59. The van der Waals surface area contributed by atoms with Gasteiger partial charge in [-0.1, -0.05) is 48.5 Å². The van der Waals surface area contributed by atoms with Gasteiger partial charge in [-0.25, -0.2) is 0 Å². The van der Waals surface area contributed by atoms with Gasteiger partial charge in [0.15, 0.2) is 0 Å². The zero-order valence-electron chi connectivity index (χ0n) is 20.7. The summed E-state index contributed by atoms with van der Waals surface area (Å²) in [5.74, 6) is 0.0157. The molecule has 7 nitrogen and oxygen atoms in total. The zero-order chi connectivity index (χ0) is 24.9. The van der Waals surface area contributed by atoms with Gasteiger partial charge >= 0.3 is 0 Å². The maximum Gasteiger partial charge on any atom is 0.258 e. The lowest BCUT2D eigenvalue weighted by Crippen LogP contribution is -2.39. The van der Waals surface area contributed by atoms with E-state index < -0.39 is 0 Å². The average Bonchev–Trinajstić information content (AvgIpc) is 3.40. The first-order valence-electron chi connectivity index (χ1n) is 12.2. The molecule has 2 aliphatic rings.